The molecule has 1 amide bonds. The van der Waals surface area contributed by atoms with E-state index in [0.29, 0.717) is 51.3 Å². The lowest BCUT2D eigenvalue weighted by Crippen LogP contribution is -2.38. The lowest BCUT2D eigenvalue weighted by atomic mass is 10.1. The molecule has 0 fully saturated rings. The van der Waals surface area contributed by atoms with Gasteiger partial charge in [-0.15, -0.1) is 0 Å². The molecule has 3 rings (SSSR count). The first kappa shape index (κ1) is 23.3. The Labute approximate surface area is 192 Å². The van der Waals surface area contributed by atoms with E-state index in [-0.39, 0.29) is 11.5 Å². The molecule has 0 bridgehead atoms. The van der Waals surface area contributed by atoms with Crippen molar-refractivity contribution < 1.29 is 4.79 Å². The maximum Gasteiger partial charge on any atom is 0.261 e. The van der Waals surface area contributed by atoms with Gasteiger partial charge in [0, 0.05) is 18.1 Å². The highest BCUT2D eigenvalue weighted by atomic mass is 35.5. The lowest BCUT2D eigenvalue weighted by molar-refractivity contribution is 0.0669. The zero-order valence-electron chi connectivity index (χ0n) is 18.2. The first-order chi connectivity index (χ1) is 14.7. The largest absolute Gasteiger partial charge is 0.329 e. The summed E-state index contributed by atoms with van der Waals surface area (Å²) >= 11 is 12.4. The normalized spacial score (nSPS) is 12.4. The summed E-state index contributed by atoms with van der Waals surface area (Å²) < 4.78 is 1.64. The highest BCUT2D eigenvalue weighted by Crippen LogP contribution is 2.27. The zero-order chi connectivity index (χ0) is 22.7. The summed E-state index contributed by atoms with van der Waals surface area (Å²) in [6, 6.07) is 11.7. The number of carbonyl (C=O) groups excluding carboxylic acids is 1. The number of halogens is 2. The molecule has 5 nitrogen and oxygen atoms in total. The molecule has 31 heavy (non-hydrogen) atoms. The van der Waals surface area contributed by atoms with Crippen LogP contribution in [0.5, 0.6) is 0 Å². The second-order valence-electron chi connectivity index (χ2n) is 8.02. The molecule has 0 radical (unpaired) electrons. The first-order valence-electron chi connectivity index (χ1n) is 10.5. The minimum absolute atomic E-state index is 0.101. The van der Waals surface area contributed by atoms with Crippen LogP contribution in [0, 0.1) is 5.92 Å². The molecule has 0 aliphatic rings. The van der Waals surface area contributed by atoms with Gasteiger partial charge in [0.05, 0.1) is 27.5 Å². The number of para-hydroxylation sites is 1. The molecule has 3 aromatic rings. The number of fused-ring (bicyclic) bond motifs is 1. The number of rotatable bonds is 7. The molecular formula is C24H27Cl2N3O2. The van der Waals surface area contributed by atoms with Crippen molar-refractivity contribution in [1.82, 2.24) is 14.5 Å². The van der Waals surface area contributed by atoms with Gasteiger partial charge in [0.1, 0.15) is 5.82 Å². The fourth-order valence-corrected chi connectivity index (χ4v) is 4.12. The van der Waals surface area contributed by atoms with E-state index in [9.17, 15) is 9.59 Å². The van der Waals surface area contributed by atoms with E-state index in [0.717, 1.165) is 6.42 Å². The smallest absolute Gasteiger partial charge is 0.261 e. The Kier molecular flexibility index (Phi) is 7.39. The molecule has 1 heterocycles. The molecule has 0 spiro atoms. The van der Waals surface area contributed by atoms with Gasteiger partial charge in [-0.3, -0.25) is 14.2 Å². The van der Waals surface area contributed by atoms with Crippen molar-refractivity contribution >= 4 is 40.0 Å². The van der Waals surface area contributed by atoms with Crippen LogP contribution in [-0.4, -0.2) is 26.9 Å². The van der Waals surface area contributed by atoms with Crippen LogP contribution in [0.1, 0.15) is 56.3 Å². The first-order valence-corrected chi connectivity index (χ1v) is 11.3. The van der Waals surface area contributed by atoms with Gasteiger partial charge in [-0.2, -0.15) is 0 Å². The predicted molar refractivity (Wildman–Crippen MR) is 127 cm³/mol. The summed E-state index contributed by atoms with van der Waals surface area (Å²) in [5.41, 5.74) is 0.906. The molecule has 0 aliphatic heterocycles. The van der Waals surface area contributed by atoms with Gasteiger partial charge >= 0.3 is 0 Å². The minimum Gasteiger partial charge on any atom is -0.329 e. The molecule has 0 aliphatic carbocycles. The topological polar surface area (TPSA) is 55.2 Å². The van der Waals surface area contributed by atoms with Crippen molar-refractivity contribution in [3.8, 4) is 0 Å². The number of hydrogen-bond donors (Lipinski definition) is 0. The highest BCUT2D eigenvalue weighted by Gasteiger charge is 2.28. The summed E-state index contributed by atoms with van der Waals surface area (Å²) in [5, 5.41) is 1.35. The van der Waals surface area contributed by atoms with E-state index in [1.54, 1.807) is 33.7 Å². The van der Waals surface area contributed by atoms with Crippen LogP contribution in [0.25, 0.3) is 10.9 Å². The quantitative estimate of drug-likeness (QED) is 0.436. The Morgan fingerprint density at radius 1 is 1.13 bits per heavy atom. The van der Waals surface area contributed by atoms with Crippen molar-refractivity contribution in [2.75, 3.05) is 6.54 Å². The van der Waals surface area contributed by atoms with Crippen molar-refractivity contribution in [3.05, 3.63) is 74.3 Å². The standard InChI is InChI=1S/C24H27Cl2N3O2/c1-5-28-22(27-21-9-7-6-8-19(21)24(28)31)16(4)29(13-12-15(2)3)23(30)18-11-10-17(25)14-20(18)26/h6-11,14-16H,5,12-13H2,1-4H3. The van der Waals surface area contributed by atoms with Crippen LogP contribution < -0.4 is 5.56 Å². The summed E-state index contributed by atoms with van der Waals surface area (Å²) in [5.74, 6) is 0.759. The average molecular weight is 460 g/mol. The van der Waals surface area contributed by atoms with Gasteiger partial charge in [0.2, 0.25) is 0 Å². The summed E-state index contributed by atoms with van der Waals surface area (Å²) in [4.78, 5) is 33.2. The van der Waals surface area contributed by atoms with Crippen molar-refractivity contribution in [1.29, 1.82) is 0 Å². The Balaban J connectivity index is 2.11. The van der Waals surface area contributed by atoms with E-state index in [1.807, 2.05) is 32.0 Å². The Morgan fingerprint density at radius 3 is 2.48 bits per heavy atom. The molecule has 1 aromatic heterocycles. The van der Waals surface area contributed by atoms with Crippen LogP contribution in [0.2, 0.25) is 10.0 Å². The van der Waals surface area contributed by atoms with Gasteiger partial charge in [-0.05, 0) is 56.5 Å². The van der Waals surface area contributed by atoms with Crippen molar-refractivity contribution in [3.63, 3.8) is 0 Å². The van der Waals surface area contributed by atoms with Crippen molar-refractivity contribution in [2.45, 2.75) is 46.7 Å². The molecular weight excluding hydrogens is 433 g/mol. The van der Waals surface area contributed by atoms with Gasteiger partial charge < -0.3 is 4.90 Å². The summed E-state index contributed by atoms with van der Waals surface area (Å²) in [6.07, 6.45) is 0.811. The van der Waals surface area contributed by atoms with Crippen LogP contribution in [0.15, 0.2) is 47.3 Å². The van der Waals surface area contributed by atoms with Crippen LogP contribution in [-0.2, 0) is 6.54 Å². The van der Waals surface area contributed by atoms with E-state index in [1.165, 1.54) is 0 Å². The molecule has 1 unspecified atom stereocenters. The molecule has 164 valence electrons. The molecule has 0 saturated heterocycles. The maximum atomic E-state index is 13.5. The second kappa shape index (κ2) is 9.84. The number of amides is 1. The van der Waals surface area contributed by atoms with Crippen LogP contribution in [0.3, 0.4) is 0 Å². The number of nitrogens with zero attached hydrogens (tertiary/aromatic N) is 3. The Bertz CT molecular complexity index is 1160. The highest BCUT2D eigenvalue weighted by molar-refractivity contribution is 6.36. The Morgan fingerprint density at radius 2 is 1.84 bits per heavy atom. The minimum atomic E-state index is -0.421. The number of benzene rings is 2. The number of aromatic nitrogens is 2. The van der Waals surface area contributed by atoms with Crippen molar-refractivity contribution in [2.24, 2.45) is 5.92 Å². The SMILES string of the molecule is CCn1c(C(C)N(CCC(C)C)C(=O)c2ccc(Cl)cc2Cl)nc2ccccc2c1=O. The predicted octanol–water partition coefficient (Wildman–Crippen LogP) is 5.97. The molecule has 1 atom stereocenters. The van der Waals surface area contributed by atoms with Crippen LogP contribution in [0.4, 0.5) is 0 Å². The van der Waals surface area contributed by atoms with Gasteiger partial charge in [-0.1, -0.05) is 49.2 Å². The third kappa shape index (κ3) is 4.94. The molecule has 0 saturated carbocycles. The van der Waals surface area contributed by atoms with E-state index in [4.69, 9.17) is 28.2 Å². The number of hydrogen-bond acceptors (Lipinski definition) is 3. The molecule has 2 aromatic carbocycles. The van der Waals surface area contributed by atoms with Crippen LogP contribution >= 0.6 is 23.2 Å². The van der Waals surface area contributed by atoms with E-state index >= 15 is 0 Å². The molecule has 7 heteroatoms. The maximum absolute atomic E-state index is 13.5. The summed E-state index contributed by atoms with van der Waals surface area (Å²) in [7, 11) is 0. The van der Waals surface area contributed by atoms with Gasteiger partial charge in [-0.25, -0.2) is 4.98 Å². The van der Waals surface area contributed by atoms with E-state index in [2.05, 4.69) is 13.8 Å². The average Bonchev–Trinajstić information content (AvgIpc) is 2.73. The lowest BCUT2D eigenvalue weighted by Gasteiger charge is -2.31. The van der Waals surface area contributed by atoms with Gasteiger partial charge in [0.15, 0.2) is 0 Å². The molecule has 0 N–H and O–H groups in total. The number of carbonyl (C=O) groups is 1. The van der Waals surface area contributed by atoms with E-state index < -0.39 is 6.04 Å². The fraction of sp³-hybridized carbons (Fsp3) is 0.375. The third-order valence-electron chi connectivity index (χ3n) is 5.42. The Hall–Kier alpha value is -2.37. The fourth-order valence-electron chi connectivity index (χ4n) is 3.64. The van der Waals surface area contributed by atoms with Gasteiger partial charge in [0.25, 0.3) is 11.5 Å². The summed E-state index contributed by atoms with van der Waals surface area (Å²) in [6.45, 7) is 9.01. The second-order valence-corrected chi connectivity index (χ2v) is 8.86. The zero-order valence-corrected chi connectivity index (χ0v) is 19.7. The third-order valence-corrected chi connectivity index (χ3v) is 5.97. The monoisotopic (exact) mass is 459 g/mol.